The number of carbonyl (C=O) groups is 1. The average Bonchev–Trinajstić information content (AvgIpc) is 3.54. The van der Waals surface area contributed by atoms with Crippen molar-refractivity contribution in [1.29, 1.82) is 0 Å². The number of nitrogens with zero attached hydrogens (tertiary/aromatic N) is 1. The summed E-state index contributed by atoms with van der Waals surface area (Å²) in [6.07, 6.45) is 6.97. The Morgan fingerprint density at radius 2 is 1.93 bits per heavy atom. The van der Waals surface area contributed by atoms with Gasteiger partial charge in [0.15, 0.2) is 0 Å². The molecular formula is C23H36N2O3. The van der Waals surface area contributed by atoms with Gasteiger partial charge >= 0.3 is 0 Å². The third-order valence-electron chi connectivity index (χ3n) is 6.11. The predicted octanol–water partition coefficient (Wildman–Crippen LogP) is 4.47. The van der Waals surface area contributed by atoms with Crippen LogP contribution in [-0.2, 0) is 9.53 Å². The minimum absolute atomic E-state index is 0.0452. The van der Waals surface area contributed by atoms with Crippen LogP contribution in [0.3, 0.4) is 0 Å². The third-order valence-corrected chi connectivity index (χ3v) is 6.11. The second kappa shape index (κ2) is 9.75. The van der Waals surface area contributed by atoms with Crippen molar-refractivity contribution in [2.75, 3.05) is 31.6 Å². The van der Waals surface area contributed by atoms with Gasteiger partial charge in [-0.05, 0) is 82.7 Å². The minimum Gasteiger partial charge on any atom is -0.492 e. The summed E-state index contributed by atoms with van der Waals surface area (Å²) in [4.78, 5) is 15.3. The smallest absolute Gasteiger partial charge is 0.256 e. The van der Waals surface area contributed by atoms with Gasteiger partial charge in [-0.2, -0.15) is 0 Å². The summed E-state index contributed by atoms with van der Waals surface area (Å²) in [7, 11) is 0. The van der Waals surface area contributed by atoms with Crippen LogP contribution in [0.25, 0.3) is 0 Å². The molecule has 1 aliphatic carbocycles. The van der Waals surface area contributed by atoms with Gasteiger partial charge in [0, 0.05) is 24.9 Å². The summed E-state index contributed by atoms with van der Waals surface area (Å²) in [6, 6.07) is 8.33. The van der Waals surface area contributed by atoms with E-state index in [0.29, 0.717) is 25.2 Å². The minimum atomic E-state index is -0.726. The van der Waals surface area contributed by atoms with E-state index in [1.54, 1.807) is 0 Å². The van der Waals surface area contributed by atoms with Gasteiger partial charge in [0.2, 0.25) is 0 Å². The molecule has 1 heterocycles. The van der Waals surface area contributed by atoms with E-state index in [0.717, 1.165) is 37.2 Å². The summed E-state index contributed by atoms with van der Waals surface area (Å²) < 4.78 is 11.8. The third kappa shape index (κ3) is 5.48. The largest absolute Gasteiger partial charge is 0.492 e. The normalized spacial score (nSPS) is 22.5. The van der Waals surface area contributed by atoms with Crippen LogP contribution in [-0.4, -0.2) is 48.8 Å². The second-order valence-corrected chi connectivity index (χ2v) is 8.44. The first-order valence-corrected chi connectivity index (χ1v) is 10.9. The Labute approximate surface area is 169 Å². The molecule has 1 N–H and O–H groups in total. The number of likely N-dealkylation sites (tertiary alicyclic amines) is 1. The lowest BCUT2D eigenvalue weighted by Gasteiger charge is -2.33. The van der Waals surface area contributed by atoms with Crippen LogP contribution in [0, 0.1) is 5.92 Å². The Morgan fingerprint density at radius 1 is 1.18 bits per heavy atom. The number of anilines is 1. The fraction of sp³-hybridized carbons (Fsp3) is 0.696. The highest BCUT2D eigenvalue weighted by Crippen LogP contribution is 2.42. The summed E-state index contributed by atoms with van der Waals surface area (Å²) >= 11 is 0. The molecule has 156 valence electrons. The summed E-state index contributed by atoms with van der Waals surface area (Å²) in [5, 5.41) is 3.03. The molecule has 1 aromatic carbocycles. The topological polar surface area (TPSA) is 50.8 Å². The molecule has 1 aliphatic heterocycles. The SMILES string of the molecule is CCCO[C@](C)(C(=O)Nc1ccc(OCCN2CCCC[C@@H]2C)cc1)C1CC1. The van der Waals surface area contributed by atoms with Crippen molar-refractivity contribution in [3.63, 3.8) is 0 Å². The average molecular weight is 389 g/mol. The number of ether oxygens (including phenoxy) is 2. The highest BCUT2D eigenvalue weighted by Gasteiger charge is 2.48. The van der Waals surface area contributed by atoms with Gasteiger partial charge in [0.1, 0.15) is 18.0 Å². The molecule has 3 rings (SSSR count). The van der Waals surface area contributed by atoms with Crippen LogP contribution in [0.5, 0.6) is 5.75 Å². The quantitative estimate of drug-likeness (QED) is 0.642. The fourth-order valence-electron chi connectivity index (χ4n) is 3.98. The molecule has 2 atom stereocenters. The highest BCUT2D eigenvalue weighted by atomic mass is 16.5. The van der Waals surface area contributed by atoms with Crippen LogP contribution in [0.4, 0.5) is 5.69 Å². The summed E-state index contributed by atoms with van der Waals surface area (Å²) in [5.41, 5.74) is 0.0602. The summed E-state index contributed by atoms with van der Waals surface area (Å²) in [6.45, 7) is 9.74. The number of hydrogen-bond donors (Lipinski definition) is 1. The molecule has 1 saturated heterocycles. The summed E-state index contributed by atoms with van der Waals surface area (Å²) in [5.74, 6) is 1.13. The molecule has 0 aromatic heterocycles. The van der Waals surface area contributed by atoms with Crippen LogP contribution in [0.15, 0.2) is 24.3 Å². The lowest BCUT2D eigenvalue weighted by Crippen LogP contribution is -2.45. The van der Waals surface area contributed by atoms with Gasteiger partial charge in [-0.3, -0.25) is 9.69 Å². The van der Waals surface area contributed by atoms with E-state index in [1.165, 1.54) is 25.8 Å². The zero-order valence-electron chi connectivity index (χ0n) is 17.7. The number of piperidine rings is 1. The van der Waals surface area contributed by atoms with Crippen molar-refractivity contribution in [3.05, 3.63) is 24.3 Å². The van der Waals surface area contributed by atoms with E-state index >= 15 is 0 Å². The molecule has 0 radical (unpaired) electrons. The zero-order chi connectivity index (χ0) is 20.0. The van der Waals surface area contributed by atoms with Gasteiger partial charge in [-0.1, -0.05) is 13.3 Å². The van der Waals surface area contributed by atoms with E-state index < -0.39 is 5.60 Å². The first kappa shape index (κ1) is 21.1. The Balaban J connectivity index is 1.47. The van der Waals surface area contributed by atoms with Crippen molar-refractivity contribution < 1.29 is 14.3 Å². The molecule has 1 amide bonds. The monoisotopic (exact) mass is 388 g/mol. The predicted molar refractivity (Wildman–Crippen MR) is 113 cm³/mol. The number of carbonyl (C=O) groups excluding carboxylic acids is 1. The first-order chi connectivity index (χ1) is 13.5. The molecule has 2 fully saturated rings. The lowest BCUT2D eigenvalue weighted by atomic mass is 9.98. The highest BCUT2D eigenvalue weighted by molar-refractivity contribution is 5.97. The number of nitrogens with one attached hydrogen (secondary N) is 1. The van der Waals surface area contributed by atoms with Crippen molar-refractivity contribution in [1.82, 2.24) is 4.90 Å². The number of hydrogen-bond acceptors (Lipinski definition) is 4. The second-order valence-electron chi connectivity index (χ2n) is 8.44. The first-order valence-electron chi connectivity index (χ1n) is 10.9. The lowest BCUT2D eigenvalue weighted by molar-refractivity contribution is -0.142. The van der Waals surface area contributed by atoms with E-state index in [9.17, 15) is 4.79 Å². The Bertz CT molecular complexity index is 629. The standard InChI is InChI=1S/C23H36N2O3/c1-4-16-28-23(3,19-8-9-19)22(26)24-20-10-12-21(13-11-20)27-17-15-25-14-6-5-7-18(25)2/h10-13,18-19H,4-9,14-17H2,1-3H3,(H,24,26)/t18-,23-/m0/s1. The molecule has 0 spiro atoms. The van der Waals surface area contributed by atoms with Gasteiger partial charge in [-0.15, -0.1) is 0 Å². The van der Waals surface area contributed by atoms with Gasteiger partial charge in [0.05, 0.1) is 0 Å². The van der Waals surface area contributed by atoms with Gasteiger partial charge in [-0.25, -0.2) is 0 Å². The number of rotatable bonds is 10. The fourth-order valence-corrected chi connectivity index (χ4v) is 3.98. The van der Waals surface area contributed by atoms with E-state index in [1.807, 2.05) is 31.2 Å². The van der Waals surface area contributed by atoms with Crippen molar-refractivity contribution in [2.24, 2.45) is 5.92 Å². The number of benzene rings is 1. The Kier molecular flexibility index (Phi) is 7.36. The molecule has 1 aromatic rings. The molecule has 0 bridgehead atoms. The Hall–Kier alpha value is -1.59. The van der Waals surface area contributed by atoms with Crippen molar-refractivity contribution in [2.45, 2.75) is 70.9 Å². The molecule has 0 unspecified atom stereocenters. The van der Waals surface area contributed by atoms with E-state index in [2.05, 4.69) is 24.1 Å². The van der Waals surface area contributed by atoms with Gasteiger partial charge in [0.25, 0.3) is 5.91 Å². The zero-order valence-corrected chi connectivity index (χ0v) is 17.7. The van der Waals surface area contributed by atoms with Crippen LogP contribution < -0.4 is 10.1 Å². The molecule has 2 aliphatic rings. The van der Waals surface area contributed by atoms with Crippen molar-refractivity contribution in [3.8, 4) is 5.75 Å². The molecule has 1 saturated carbocycles. The van der Waals surface area contributed by atoms with E-state index in [-0.39, 0.29) is 5.91 Å². The van der Waals surface area contributed by atoms with E-state index in [4.69, 9.17) is 9.47 Å². The molecule has 28 heavy (non-hydrogen) atoms. The van der Waals surface area contributed by atoms with Crippen LogP contribution >= 0.6 is 0 Å². The van der Waals surface area contributed by atoms with Crippen LogP contribution in [0.2, 0.25) is 0 Å². The molecule has 5 nitrogen and oxygen atoms in total. The van der Waals surface area contributed by atoms with Crippen LogP contribution in [0.1, 0.15) is 59.3 Å². The maximum absolute atomic E-state index is 12.8. The number of amides is 1. The molecule has 5 heteroatoms. The maximum Gasteiger partial charge on any atom is 0.256 e. The van der Waals surface area contributed by atoms with Crippen molar-refractivity contribution >= 4 is 11.6 Å². The maximum atomic E-state index is 12.8. The molecular weight excluding hydrogens is 352 g/mol. The van der Waals surface area contributed by atoms with Gasteiger partial charge < -0.3 is 14.8 Å². The Morgan fingerprint density at radius 3 is 2.57 bits per heavy atom.